The highest BCUT2D eigenvalue weighted by Gasteiger charge is 2.19. The van der Waals surface area contributed by atoms with Gasteiger partial charge in [0.15, 0.2) is 17.0 Å². The van der Waals surface area contributed by atoms with Gasteiger partial charge in [-0.2, -0.15) is 4.37 Å². The van der Waals surface area contributed by atoms with Crippen LogP contribution in [0, 0.1) is 6.92 Å². The zero-order chi connectivity index (χ0) is 22.7. The zero-order valence-corrected chi connectivity index (χ0v) is 17.8. The van der Waals surface area contributed by atoms with Crippen LogP contribution in [0.15, 0.2) is 64.8 Å². The van der Waals surface area contributed by atoms with Crippen molar-refractivity contribution in [3.05, 3.63) is 77.0 Å². The largest absolute Gasteiger partial charge is 0.505 e. The van der Waals surface area contributed by atoms with Gasteiger partial charge in [-0.05, 0) is 47.6 Å². The molecule has 0 aliphatic carbocycles. The molecule has 3 N–H and O–H groups in total. The van der Waals surface area contributed by atoms with Crippen LogP contribution in [-0.4, -0.2) is 26.8 Å². The highest BCUT2D eigenvalue weighted by Crippen LogP contribution is 2.40. The first-order valence-electron chi connectivity index (χ1n) is 9.61. The number of fused-ring (bicyclic) bond motifs is 1. The van der Waals surface area contributed by atoms with Gasteiger partial charge >= 0.3 is 0 Å². The van der Waals surface area contributed by atoms with Gasteiger partial charge in [0.1, 0.15) is 5.69 Å². The topological polar surface area (TPSA) is 124 Å². The number of anilines is 1. The fourth-order valence-electron chi connectivity index (χ4n) is 3.15. The van der Waals surface area contributed by atoms with E-state index >= 15 is 0 Å². The lowest BCUT2D eigenvalue weighted by Crippen LogP contribution is -2.12. The molecule has 1 heterocycles. The Morgan fingerprint density at radius 1 is 1.16 bits per heavy atom. The Bertz CT molecular complexity index is 1350. The minimum atomic E-state index is -0.524. The maximum Gasteiger partial charge on any atom is 0.259 e. The summed E-state index contributed by atoms with van der Waals surface area (Å²) in [6, 6.07) is 15.4. The van der Waals surface area contributed by atoms with Crippen molar-refractivity contribution in [2.45, 2.75) is 13.5 Å². The van der Waals surface area contributed by atoms with Crippen LogP contribution >= 0.6 is 11.5 Å². The molecule has 1 aromatic heterocycles. The van der Waals surface area contributed by atoms with E-state index in [0.717, 1.165) is 11.5 Å². The predicted molar refractivity (Wildman–Crippen MR) is 122 cm³/mol. The fraction of sp³-hybridized carbons (Fsp3) is 0.0870. The van der Waals surface area contributed by atoms with E-state index in [2.05, 4.69) is 19.9 Å². The summed E-state index contributed by atoms with van der Waals surface area (Å²) in [5.74, 6) is -0.852. The first-order valence-corrected chi connectivity index (χ1v) is 10.4. The highest BCUT2D eigenvalue weighted by atomic mass is 32.1. The number of phenols is 1. The van der Waals surface area contributed by atoms with Crippen molar-refractivity contribution < 1.29 is 19.8 Å². The molecule has 1 amide bonds. The Balaban J connectivity index is 1.75. The molecule has 32 heavy (non-hydrogen) atoms. The number of aliphatic hydroxyl groups excluding tert-OH is 1. The van der Waals surface area contributed by atoms with Crippen molar-refractivity contribution in [1.82, 2.24) is 4.37 Å². The summed E-state index contributed by atoms with van der Waals surface area (Å²) in [4.78, 5) is 24.2. The van der Waals surface area contributed by atoms with Gasteiger partial charge in [0.05, 0.1) is 23.4 Å². The van der Waals surface area contributed by atoms with Crippen LogP contribution in [0.2, 0.25) is 0 Å². The third-order valence-electron chi connectivity index (χ3n) is 4.88. The number of carbonyl (C=O) groups is 2. The van der Waals surface area contributed by atoms with E-state index in [0.29, 0.717) is 44.6 Å². The Morgan fingerprint density at radius 3 is 2.62 bits per heavy atom. The third kappa shape index (κ3) is 4.11. The molecule has 0 bridgehead atoms. The lowest BCUT2D eigenvalue weighted by atomic mass is 10.0. The molecule has 0 fully saturated rings. The molecule has 8 nitrogen and oxygen atoms in total. The molecule has 3 aromatic carbocycles. The number of aliphatic hydroxyl groups is 1. The van der Waals surface area contributed by atoms with Crippen molar-refractivity contribution >= 4 is 50.9 Å². The number of hydrogen-bond acceptors (Lipinski definition) is 8. The van der Waals surface area contributed by atoms with Crippen LogP contribution in [0.1, 0.15) is 32.0 Å². The van der Waals surface area contributed by atoms with Crippen LogP contribution in [0.25, 0.3) is 10.8 Å². The number of hydrogen-bond donors (Lipinski definition) is 3. The fourth-order valence-corrected chi connectivity index (χ4v) is 3.85. The van der Waals surface area contributed by atoms with E-state index < -0.39 is 5.91 Å². The zero-order valence-electron chi connectivity index (χ0n) is 16.9. The number of aromatic nitrogens is 1. The second-order valence-electron chi connectivity index (χ2n) is 6.96. The Morgan fingerprint density at radius 2 is 1.91 bits per heavy atom. The molecule has 0 radical (unpaired) electrons. The van der Waals surface area contributed by atoms with Crippen LogP contribution in [0.5, 0.6) is 5.75 Å². The number of nitrogens with zero attached hydrogens (tertiary/aromatic N) is 3. The Kier molecular flexibility index (Phi) is 6.02. The van der Waals surface area contributed by atoms with Crippen molar-refractivity contribution in [1.29, 1.82) is 0 Å². The lowest BCUT2D eigenvalue weighted by molar-refractivity contribution is 0.102. The summed E-state index contributed by atoms with van der Waals surface area (Å²) in [5.41, 5.74) is 2.26. The first-order chi connectivity index (χ1) is 15.5. The Labute approximate surface area is 187 Å². The van der Waals surface area contributed by atoms with Crippen molar-refractivity contribution in [2.75, 3.05) is 5.32 Å². The quantitative estimate of drug-likeness (QED) is 0.274. The summed E-state index contributed by atoms with van der Waals surface area (Å²) in [5, 5.41) is 32.7. The summed E-state index contributed by atoms with van der Waals surface area (Å²) < 4.78 is 4.10. The summed E-state index contributed by atoms with van der Waals surface area (Å²) in [7, 11) is 0. The standard InChI is InChI=1S/C23H18N4O4S/c1-13-19(12-29)23(32-27-13)26-25-20-17-5-3-2-4-15(17)10-18(21(20)30)22(31)24-16-8-6-14(11-28)7-9-16/h2-10,12,28,30H,11H2,1H3,(H,24,31)/b26-25+. The first kappa shape index (κ1) is 21.3. The molecule has 9 heteroatoms. The van der Waals surface area contributed by atoms with Gasteiger partial charge in [-0.1, -0.05) is 36.4 Å². The number of rotatable bonds is 6. The molecule has 0 atom stereocenters. The maximum atomic E-state index is 12.9. The number of aromatic hydroxyl groups is 1. The molecular formula is C23H18N4O4S. The van der Waals surface area contributed by atoms with Crippen LogP contribution in [0.3, 0.4) is 0 Å². The second-order valence-corrected chi connectivity index (χ2v) is 7.71. The van der Waals surface area contributed by atoms with Crippen molar-refractivity contribution in [2.24, 2.45) is 10.2 Å². The second kappa shape index (κ2) is 9.04. The van der Waals surface area contributed by atoms with Gasteiger partial charge in [0.25, 0.3) is 5.91 Å². The lowest BCUT2D eigenvalue weighted by Gasteiger charge is -2.11. The number of amides is 1. The number of carbonyl (C=O) groups excluding carboxylic acids is 2. The molecular weight excluding hydrogens is 428 g/mol. The number of aldehydes is 1. The monoisotopic (exact) mass is 446 g/mol. The SMILES string of the molecule is Cc1nsc(/N=N/c2c(O)c(C(=O)Nc3ccc(CO)cc3)cc3ccccc23)c1C=O. The van der Waals surface area contributed by atoms with E-state index in [9.17, 15) is 14.7 Å². The summed E-state index contributed by atoms with van der Waals surface area (Å²) >= 11 is 1.03. The molecule has 4 aromatic rings. The molecule has 0 spiro atoms. The summed E-state index contributed by atoms with van der Waals surface area (Å²) in [6.07, 6.45) is 0.664. The molecule has 4 rings (SSSR count). The van der Waals surface area contributed by atoms with E-state index in [-0.39, 0.29) is 23.6 Å². The highest BCUT2D eigenvalue weighted by molar-refractivity contribution is 7.10. The van der Waals surface area contributed by atoms with Gasteiger partial charge in [-0.25, -0.2) is 0 Å². The average molecular weight is 446 g/mol. The van der Waals surface area contributed by atoms with Crippen LogP contribution in [0.4, 0.5) is 16.4 Å². The van der Waals surface area contributed by atoms with Crippen LogP contribution < -0.4 is 5.32 Å². The van der Waals surface area contributed by atoms with Gasteiger partial charge in [0.2, 0.25) is 0 Å². The minimum Gasteiger partial charge on any atom is -0.505 e. The molecule has 0 aliphatic heterocycles. The van der Waals surface area contributed by atoms with Gasteiger partial charge in [0, 0.05) is 11.1 Å². The van der Waals surface area contributed by atoms with E-state index in [1.807, 2.05) is 6.07 Å². The van der Waals surface area contributed by atoms with Gasteiger partial charge < -0.3 is 15.5 Å². The van der Waals surface area contributed by atoms with Gasteiger partial charge in [-0.15, -0.1) is 10.2 Å². The number of benzene rings is 3. The molecule has 0 aliphatic rings. The third-order valence-corrected chi connectivity index (χ3v) is 5.72. The molecule has 0 saturated heterocycles. The van der Waals surface area contributed by atoms with Crippen molar-refractivity contribution in [3.8, 4) is 5.75 Å². The molecule has 0 unspecified atom stereocenters. The van der Waals surface area contributed by atoms with Crippen LogP contribution in [-0.2, 0) is 6.61 Å². The average Bonchev–Trinajstić information content (AvgIpc) is 3.17. The van der Waals surface area contributed by atoms with Gasteiger partial charge in [-0.3, -0.25) is 9.59 Å². The maximum absolute atomic E-state index is 12.9. The molecule has 160 valence electrons. The van der Waals surface area contributed by atoms with Crippen molar-refractivity contribution in [3.63, 3.8) is 0 Å². The van der Waals surface area contributed by atoms with E-state index in [1.165, 1.54) is 0 Å². The number of azo groups is 1. The molecule has 0 saturated carbocycles. The van der Waals surface area contributed by atoms with E-state index in [1.54, 1.807) is 55.5 Å². The minimum absolute atomic E-state index is 0.0278. The predicted octanol–water partition coefficient (Wildman–Crippen LogP) is 5.28. The smallest absolute Gasteiger partial charge is 0.259 e. The number of nitrogens with one attached hydrogen (secondary N) is 1. The summed E-state index contributed by atoms with van der Waals surface area (Å²) in [6.45, 7) is 1.60. The van der Waals surface area contributed by atoms with E-state index in [4.69, 9.17) is 5.11 Å². The number of phenolic OH excluding ortho intramolecular Hbond substituents is 1. The normalized spacial score (nSPS) is 11.2. The Hall–Kier alpha value is -3.95. The number of aryl methyl sites for hydroxylation is 1.